The van der Waals surface area contributed by atoms with Crippen molar-refractivity contribution in [3.05, 3.63) is 23.8 Å². The van der Waals surface area contributed by atoms with Gasteiger partial charge < -0.3 is 20.9 Å². The summed E-state index contributed by atoms with van der Waals surface area (Å²) in [7, 11) is 3.49. The van der Waals surface area contributed by atoms with Gasteiger partial charge >= 0.3 is 0 Å². The average Bonchev–Trinajstić information content (AvgIpc) is 2.46. The van der Waals surface area contributed by atoms with Gasteiger partial charge in [-0.1, -0.05) is 13.8 Å². The number of likely N-dealkylation sites (N-methyl/N-ethyl adjacent to an activating group) is 1. The molecule has 5 nitrogen and oxygen atoms in total. The summed E-state index contributed by atoms with van der Waals surface area (Å²) < 4.78 is 0. The maximum Gasteiger partial charge on any atom is 0.253 e. The smallest absolute Gasteiger partial charge is 0.253 e. The summed E-state index contributed by atoms with van der Waals surface area (Å²) in [6.07, 6.45) is 0. The van der Waals surface area contributed by atoms with Crippen molar-refractivity contribution >= 4 is 17.3 Å². The summed E-state index contributed by atoms with van der Waals surface area (Å²) in [6.45, 7) is 9.42. The van der Waals surface area contributed by atoms with Crippen molar-refractivity contribution in [3.63, 3.8) is 0 Å². The molecule has 1 aromatic carbocycles. The SMILES string of the molecule is CCN(CC)CC(C)Nc1cc(C(=O)N(C)C)ccc1N. The Morgan fingerprint density at radius 1 is 1.29 bits per heavy atom. The molecule has 0 aliphatic heterocycles. The van der Waals surface area contributed by atoms with E-state index >= 15 is 0 Å². The van der Waals surface area contributed by atoms with E-state index in [1.807, 2.05) is 6.07 Å². The van der Waals surface area contributed by atoms with Gasteiger partial charge in [-0.25, -0.2) is 0 Å². The number of hydrogen-bond acceptors (Lipinski definition) is 4. The van der Waals surface area contributed by atoms with E-state index in [1.54, 1.807) is 31.1 Å². The fraction of sp³-hybridized carbons (Fsp3) is 0.562. The van der Waals surface area contributed by atoms with Crippen molar-refractivity contribution in [1.29, 1.82) is 0 Å². The molecule has 1 aromatic rings. The zero-order valence-corrected chi connectivity index (χ0v) is 13.8. The molecular formula is C16H28N4O. The molecule has 1 rings (SSSR count). The molecule has 0 aliphatic carbocycles. The molecule has 0 fully saturated rings. The number of nitrogens with zero attached hydrogens (tertiary/aromatic N) is 2. The summed E-state index contributed by atoms with van der Waals surface area (Å²) in [5, 5.41) is 3.41. The molecule has 0 heterocycles. The van der Waals surface area contributed by atoms with E-state index in [-0.39, 0.29) is 11.9 Å². The third-order valence-electron chi connectivity index (χ3n) is 3.53. The first-order chi connectivity index (χ1) is 9.88. The molecule has 1 unspecified atom stereocenters. The van der Waals surface area contributed by atoms with Crippen LogP contribution in [0.4, 0.5) is 11.4 Å². The first-order valence-electron chi connectivity index (χ1n) is 7.49. The number of carbonyl (C=O) groups excluding carboxylic acids is 1. The molecule has 1 amide bonds. The summed E-state index contributed by atoms with van der Waals surface area (Å²) >= 11 is 0. The molecule has 118 valence electrons. The number of rotatable bonds is 7. The fourth-order valence-electron chi connectivity index (χ4n) is 2.25. The predicted molar refractivity (Wildman–Crippen MR) is 89.7 cm³/mol. The van der Waals surface area contributed by atoms with E-state index < -0.39 is 0 Å². The predicted octanol–water partition coefficient (Wildman–Crippen LogP) is 2.11. The Morgan fingerprint density at radius 3 is 2.43 bits per heavy atom. The van der Waals surface area contributed by atoms with Crippen molar-refractivity contribution in [3.8, 4) is 0 Å². The average molecular weight is 292 g/mol. The number of amides is 1. The van der Waals surface area contributed by atoms with Crippen molar-refractivity contribution in [2.75, 3.05) is 44.8 Å². The first kappa shape index (κ1) is 17.3. The Kier molecular flexibility index (Phi) is 6.49. The van der Waals surface area contributed by atoms with Gasteiger partial charge in [0.15, 0.2) is 0 Å². The number of anilines is 2. The Labute approximate surface area is 128 Å². The third kappa shape index (κ3) is 4.93. The normalized spacial score (nSPS) is 12.3. The lowest BCUT2D eigenvalue weighted by molar-refractivity contribution is 0.0827. The van der Waals surface area contributed by atoms with Gasteiger partial charge in [-0.05, 0) is 38.2 Å². The molecule has 21 heavy (non-hydrogen) atoms. The van der Waals surface area contributed by atoms with Crippen LogP contribution in [0.15, 0.2) is 18.2 Å². The van der Waals surface area contributed by atoms with E-state index in [0.29, 0.717) is 11.3 Å². The number of hydrogen-bond donors (Lipinski definition) is 2. The molecule has 3 N–H and O–H groups in total. The van der Waals surface area contributed by atoms with E-state index in [9.17, 15) is 4.79 Å². The molecule has 1 atom stereocenters. The monoisotopic (exact) mass is 292 g/mol. The van der Waals surface area contributed by atoms with E-state index in [4.69, 9.17) is 5.73 Å². The van der Waals surface area contributed by atoms with Crippen LogP contribution in [0.2, 0.25) is 0 Å². The lowest BCUT2D eigenvalue weighted by Gasteiger charge is -2.25. The molecule has 0 bridgehead atoms. The summed E-state index contributed by atoms with van der Waals surface area (Å²) in [5.41, 5.74) is 8.14. The largest absolute Gasteiger partial charge is 0.397 e. The summed E-state index contributed by atoms with van der Waals surface area (Å²) in [6, 6.07) is 5.63. The molecular weight excluding hydrogens is 264 g/mol. The number of nitrogens with two attached hydrogens (primary N) is 1. The molecule has 0 saturated heterocycles. The van der Waals surface area contributed by atoms with E-state index in [1.165, 1.54) is 0 Å². The molecule has 0 aliphatic rings. The highest BCUT2D eigenvalue weighted by atomic mass is 16.2. The van der Waals surface area contributed by atoms with Crippen LogP contribution in [-0.2, 0) is 0 Å². The topological polar surface area (TPSA) is 61.6 Å². The lowest BCUT2D eigenvalue weighted by Crippen LogP contribution is -2.35. The quantitative estimate of drug-likeness (QED) is 0.756. The van der Waals surface area contributed by atoms with Crippen LogP contribution < -0.4 is 11.1 Å². The first-order valence-corrected chi connectivity index (χ1v) is 7.49. The highest BCUT2D eigenvalue weighted by Gasteiger charge is 2.12. The Bertz CT molecular complexity index is 469. The fourth-order valence-corrected chi connectivity index (χ4v) is 2.25. The van der Waals surface area contributed by atoms with Gasteiger partial charge in [0.1, 0.15) is 0 Å². The molecule has 0 spiro atoms. The highest BCUT2D eigenvalue weighted by molar-refractivity contribution is 5.95. The Morgan fingerprint density at radius 2 is 1.90 bits per heavy atom. The minimum Gasteiger partial charge on any atom is -0.397 e. The van der Waals surface area contributed by atoms with Crippen molar-refractivity contribution in [1.82, 2.24) is 9.80 Å². The standard InChI is InChI=1S/C16H28N4O/c1-6-20(7-2)11-12(3)18-15-10-13(8-9-14(15)17)16(21)19(4)5/h8-10,12,18H,6-7,11,17H2,1-5H3. The zero-order valence-electron chi connectivity index (χ0n) is 13.8. The molecule has 0 radical (unpaired) electrons. The van der Waals surface area contributed by atoms with Gasteiger partial charge in [0.05, 0.1) is 11.4 Å². The molecule has 0 saturated carbocycles. The van der Waals surface area contributed by atoms with Crippen LogP contribution in [-0.4, -0.2) is 55.5 Å². The van der Waals surface area contributed by atoms with Gasteiger partial charge in [0.25, 0.3) is 5.91 Å². The lowest BCUT2D eigenvalue weighted by atomic mass is 10.1. The Balaban J connectivity index is 2.82. The number of nitrogens with one attached hydrogen (secondary N) is 1. The van der Waals surface area contributed by atoms with Gasteiger partial charge in [-0.2, -0.15) is 0 Å². The van der Waals surface area contributed by atoms with Crippen LogP contribution in [0.25, 0.3) is 0 Å². The van der Waals surface area contributed by atoms with Crippen molar-refractivity contribution in [2.24, 2.45) is 0 Å². The Hall–Kier alpha value is -1.75. The van der Waals surface area contributed by atoms with Gasteiger partial charge in [0, 0.05) is 32.2 Å². The third-order valence-corrected chi connectivity index (χ3v) is 3.53. The maximum atomic E-state index is 12.0. The van der Waals surface area contributed by atoms with Crippen LogP contribution >= 0.6 is 0 Å². The summed E-state index contributed by atoms with van der Waals surface area (Å²) in [5.74, 6) is -0.0190. The van der Waals surface area contributed by atoms with Gasteiger partial charge in [-0.3, -0.25) is 4.79 Å². The maximum absolute atomic E-state index is 12.0. The van der Waals surface area contributed by atoms with Gasteiger partial charge in [0.2, 0.25) is 0 Å². The van der Waals surface area contributed by atoms with Crippen LogP contribution in [0.5, 0.6) is 0 Å². The second-order valence-electron chi connectivity index (χ2n) is 5.53. The number of nitrogen functional groups attached to an aromatic ring is 1. The van der Waals surface area contributed by atoms with Crippen molar-refractivity contribution < 1.29 is 4.79 Å². The minimum absolute atomic E-state index is 0.0190. The highest BCUT2D eigenvalue weighted by Crippen LogP contribution is 2.21. The molecule has 0 aromatic heterocycles. The second-order valence-corrected chi connectivity index (χ2v) is 5.53. The van der Waals surface area contributed by atoms with Crippen LogP contribution in [0, 0.1) is 0 Å². The van der Waals surface area contributed by atoms with Gasteiger partial charge in [-0.15, -0.1) is 0 Å². The minimum atomic E-state index is -0.0190. The summed E-state index contributed by atoms with van der Waals surface area (Å²) in [4.78, 5) is 15.9. The van der Waals surface area contributed by atoms with Crippen molar-refractivity contribution in [2.45, 2.75) is 26.8 Å². The number of carbonyl (C=O) groups is 1. The van der Waals surface area contributed by atoms with E-state index in [0.717, 1.165) is 25.3 Å². The second kappa shape index (κ2) is 7.88. The van der Waals surface area contributed by atoms with Crippen LogP contribution in [0.1, 0.15) is 31.1 Å². The van der Waals surface area contributed by atoms with Crippen LogP contribution in [0.3, 0.4) is 0 Å². The molecule has 5 heteroatoms. The number of benzene rings is 1. The van der Waals surface area contributed by atoms with E-state index in [2.05, 4.69) is 31.0 Å². The zero-order chi connectivity index (χ0) is 16.0.